The maximum Gasteiger partial charge on any atom is 0.421 e. The molecule has 0 aliphatic carbocycles. The van der Waals surface area contributed by atoms with Gasteiger partial charge in [0, 0.05) is 49.2 Å². The zero-order chi connectivity index (χ0) is 32.4. The summed E-state index contributed by atoms with van der Waals surface area (Å²) in [5, 5.41) is 3.33. The number of piperidine rings is 1. The first-order valence-electron chi connectivity index (χ1n) is 15.9. The van der Waals surface area contributed by atoms with Gasteiger partial charge in [-0.1, -0.05) is 13.3 Å². The molecule has 1 N–H and O–H groups in total. The Bertz CT molecular complexity index is 1350. The first-order chi connectivity index (χ1) is 21.7. The minimum absolute atomic E-state index is 0.0345. The van der Waals surface area contributed by atoms with Crippen LogP contribution in [0.5, 0.6) is 17.2 Å². The van der Waals surface area contributed by atoms with Gasteiger partial charge in [-0.3, -0.25) is 4.90 Å². The maximum atomic E-state index is 15.1. The summed E-state index contributed by atoms with van der Waals surface area (Å²) in [5.41, 5.74) is 1.07. The van der Waals surface area contributed by atoms with Crippen molar-refractivity contribution in [2.24, 2.45) is 4.99 Å². The first kappa shape index (κ1) is 33.9. The van der Waals surface area contributed by atoms with E-state index >= 15 is 4.39 Å². The van der Waals surface area contributed by atoms with Gasteiger partial charge >= 0.3 is 6.09 Å². The number of likely N-dealkylation sites (tertiary alicyclic amines) is 1. The number of amides is 1. The lowest BCUT2D eigenvalue weighted by Crippen LogP contribution is -2.53. The van der Waals surface area contributed by atoms with Crippen molar-refractivity contribution in [3.05, 3.63) is 54.5 Å². The molecule has 0 bridgehead atoms. The summed E-state index contributed by atoms with van der Waals surface area (Å²) in [4.78, 5) is 24.2. The molecule has 1 atom stereocenters. The first-order valence-corrected chi connectivity index (χ1v) is 15.9. The highest BCUT2D eigenvalue weighted by atomic mass is 19.1. The van der Waals surface area contributed by atoms with Gasteiger partial charge in [0.2, 0.25) is 11.7 Å². The van der Waals surface area contributed by atoms with Crippen molar-refractivity contribution in [3.63, 3.8) is 0 Å². The smallest absolute Gasteiger partial charge is 0.421 e. The topological polar surface area (TPSA) is 88.1 Å². The number of rotatable bonds is 13. The Morgan fingerprint density at radius 1 is 1.09 bits per heavy atom. The van der Waals surface area contributed by atoms with Crippen LogP contribution < -0.4 is 24.4 Å². The van der Waals surface area contributed by atoms with Gasteiger partial charge in [0.25, 0.3) is 0 Å². The molecule has 1 unspecified atom stereocenters. The van der Waals surface area contributed by atoms with E-state index < -0.39 is 17.7 Å². The molecule has 2 heterocycles. The zero-order valence-corrected chi connectivity index (χ0v) is 27.5. The molecule has 1 fully saturated rings. The molecule has 0 saturated carbocycles. The fourth-order valence-electron chi connectivity index (χ4n) is 5.73. The second-order valence-electron chi connectivity index (χ2n) is 11.7. The minimum atomic E-state index is -1.07. The Kier molecular flexibility index (Phi) is 11.9. The number of halogens is 1. The fraction of sp³-hybridized carbons (Fsp3) is 0.529. The Hall–Kier alpha value is -3.99. The number of aliphatic imine (C=N–C) groups is 1. The number of hydrogen-bond acceptors (Lipinski definition) is 9. The van der Waals surface area contributed by atoms with E-state index in [1.807, 2.05) is 38.8 Å². The van der Waals surface area contributed by atoms with Crippen LogP contribution in [-0.4, -0.2) is 80.6 Å². The van der Waals surface area contributed by atoms with Crippen molar-refractivity contribution >= 4 is 23.4 Å². The van der Waals surface area contributed by atoms with E-state index in [4.69, 9.17) is 23.9 Å². The summed E-state index contributed by atoms with van der Waals surface area (Å²) in [6, 6.07) is 10.1. The Morgan fingerprint density at radius 3 is 2.53 bits per heavy atom. The van der Waals surface area contributed by atoms with Crippen molar-refractivity contribution in [2.45, 2.75) is 71.6 Å². The summed E-state index contributed by atoms with van der Waals surface area (Å²) in [7, 11) is 3.11. The average molecular weight is 626 g/mol. The third-order valence-electron chi connectivity index (χ3n) is 7.94. The van der Waals surface area contributed by atoms with Gasteiger partial charge in [-0.2, -0.15) is 0 Å². The molecule has 0 spiro atoms. The summed E-state index contributed by atoms with van der Waals surface area (Å²) in [6.45, 7) is 12.0. The third kappa shape index (κ3) is 8.81. The quantitative estimate of drug-likeness (QED) is 0.241. The SMILES string of the molecule is CCCN(C(=O)OC1=NC(C)(Nc2ccc(OCCCN3CCCCC3)c(F)c2)N(C(C)C)C=C1)c1ccc(OC)cc1OC. The highest BCUT2D eigenvalue weighted by Crippen LogP contribution is 2.34. The second kappa shape index (κ2) is 15.8. The third-order valence-corrected chi connectivity index (χ3v) is 7.94. The van der Waals surface area contributed by atoms with E-state index in [0.717, 1.165) is 26.1 Å². The summed E-state index contributed by atoms with van der Waals surface area (Å²) in [5.74, 6) is -0.0984. The van der Waals surface area contributed by atoms with E-state index in [1.165, 1.54) is 37.3 Å². The predicted molar refractivity (Wildman–Crippen MR) is 176 cm³/mol. The molecule has 2 aliphatic rings. The molecule has 1 amide bonds. The predicted octanol–water partition coefficient (Wildman–Crippen LogP) is 6.87. The van der Waals surface area contributed by atoms with Crippen LogP contribution in [0.15, 0.2) is 53.7 Å². The van der Waals surface area contributed by atoms with Crippen molar-refractivity contribution in [2.75, 3.05) is 57.2 Å². The molecule has 2 aromatic rings. The van der Waals surface area contributed by atoms with Gasteiger partial charge in [-0.05, 0) is 83.8 Å². The number of ether oxygens (including phenoxy) is 4. The van der Waals surface area contributed by atoms with E-state index in [1.54, 1.807) is 43.5 Å². The van der Waals surface area contributed by atoms with Gasteiger partial charge in [-0.25, -0.2) is 14.2 Å². The number of carbonyl (C=O) groups is 1. The fourth-order valence-corrected chi connectivity index (χ4v) is 5.73. The lowest BCUT2D eigenvalue weighted by Gasteiger charge is -2.43. The molecular weight excluding hydrogens is 577 g/mol. The standard InChI is InChI=1S/C34H48FN5O5/c1-7-17-39(29-14-13-27(42-5)24-31(29)43-6)33(41)45-32-16-21-40(25(2)3)34(4,37-32)36-26-12-15-30(28(35)23-26)44-22-11-20-38-18-9-8-10-19-38/h12-16,21,23-25,36H,7-11,17-20,22H2,1-6H3. The number of carbonyl (C=O) groups excluding carboxylic acids is 1. The lowest BCUT2D eigenvalue weighted by molar-refractivity contribution is 0.154. The maximum absolute atomic E-state index is 15.1. The molecule has 11 heteroatoms. The molecule has 4 rings (SSSR count). The zero-order valence-electron chi connectivity index (χ0n) is 27.5. The number of nitrogens with one attached hydrogen (secondary N) is 1. The van der Waals surface area contributed by atoms with Gasteiger partial charge in [0.05, 0.1) is 26.5 Å². The molecule has 0 radical (unpaired) electrons. The van der Waals surface area contributed by atoms with Crippen LogP contribution in [0.1, 0.15) is 59.8 Å². The van der Waals surface area contributed by atoms with Crippen LogP contribution in [0.3, 0.4) is 0 Å². The normalized spacial score (nSPS) is 18.4. The lowest BCUT2D eigenvalue weighted by atomic mass is 10.1. The van der Waals surface area contributed by atoms with Gasteiger partial charge in [-0.15, -0.1) is 0 Å². The summed E-state index contributed by atoms with van der Waals surface area (Å²) < 4.78 is 37.5. The van der Waals surface area contributed by atoms with Gasteiger partial charge < -0.3 is 34.1 Å². The molecule has 246 valence electrons. The van der Waals surface area contributed by atoms with Gasteiger partial charge in [0.1, 0.15) is 11.5 Å². The summed E-state index contributed by atoms with van der Waals surface area (Å²) >= 11 is 0. The van der Waals surface area contributed by atoms with Crippen LogP contribution >= 0.6 is 0 Å². The highest BCUT2D eigenvalue weighted by Gasteiger charge is 2.35. The minimum Gasteiger partial charge on any atom is -0.497 e. The van der Waals surface area contributed by atoms with Crippen LogP contribution in [-0.2, 0) is 4.74 Å². The van der Waals surface area contributed by atoms with Crippen molar-refractivity contribution in [1.29, 1.82) is 0 Å². The Labute approximate surface area is 266 Å². The van der Waals surface area contributed by atoms with Crippen LogP contribution in [0, 0.1) is 5.82 Å². The largest absolute Gasteiger partial charge is 0.497 e. The van der Waals surface area contributed by atoms with E-state index in [0.29, 0.717) is 42.4 Å². The Morgan fingerprint density at radius 2 is 1.87 bits per heavy atom. The monoisotopic (exact) mass is 625 g/mol. The van der Waals surface area contributed by atoms with Crippen LogP contribution in [0.2, 0.25) is 0 Å². The van der Waals surface area contributed by atoms with Crippen molar-refractivity contribution in [3.8, 4) is 17.2 Å². The number of hydrogen-bond donors (Lipinski definition) is 1. The molecule has 2 aromatic carbocycles. The second-order valence-corrected chi connectivity index (χ2v) is 11.7. The highest BCUT2D eigenvalue weighted by molar-refractivity contribution is 6.02. The molecular formula is C34H48FN5O5. The molecule has 0 aromatic heterocycles. The molecule has 1 saturated heterocycles. The van der Waals surface area contributed by atoms with Crippen LogP contribution in [0.4, 0.5) is 20.6 Å². The van der Waals surface area contributed by atoms with Gasteiger partial charge in [0.15, 0.2) is 11.6 Å². The Balaban J connectivity index is 1.46. The summed E-state index contributed by atoms with van der Waals surface area (Å²) in [6.07, 6.45) is 8.21. The molecule has 2 aliphatic heterocycles. The number of methoxy groups -OCH3 is 2. The number of nitrogens with zero attached hydrogens (tertiary/aromatic N) is 4. The molecule has 10 nitrogen and oxygen atoms in total. The number of benzene rings is 2. The van der Waals surface area contributed by atoms with Crippen LogP contribution in [0.25, 0.3) is 0 Å². The van der Waals surface area contributed by atoms with Crippen molar-refractivity contribution in [1.82, 2.24) is 9.80 Å². The number of anilines is 2. The van der Waals surface area contributed by atoms with E-state index in [-0.39, 0.29) is 17.7 Å². The molecule has 45 heavy (non-hydrogen) atoms. The van der Waals surface area contributed by atoms with E-state index in [2.05, 4.69) is 10.2 Å². The van der Waals surface area contributed by atoms with Crippen molar-refractivity contribution < 1.29 is 28.1 Å². The van der Waals surface area contributed by atoms with E-state index in [9.17, 15) is 4.79 Å². The average Bonchev–Trinajstić information content (AvgIpc) is 3.02.